The maximum Gasteiger partial charge on any atom is 0.0221 e. The summed E-state index contributed by atoms with van der Waals surface area (Å²) in [6.45, 7) is 7.83. The zero-order valence-electron chi connectivity index (χ0n) is 8.03. The van der Waals surface area contributed by atoms with E-state index < -0.39 is 0 Å². The Morgan fingerprint density at radius 2 is 1.73 bits per heavy atom. The van der Waals surface area contributed by atoms with Crippen molar-refractivity contribution in [3.8, 4) is 0 Å². The van der Waals surface area contributed by atoms with E-state index >= 15 is 0 Å². The minimum Gasteiger partial charge on any atom is -0.312 e. The van der Waals surface area contributed by atoms with Crippen molar-refractivity contribution in [3.63, 3.8) is 0 Å². The Balaban J connectivity index is 2.69. The van der Waals surface area contributed by atoms with E-state index in [1.54, 1.807) is 0 Å². The molecule has 1 nitrogen and oxygen atoms in total. The Morgan fingerprint density at radius 1 is 1.00 bits per heavy atom. The molecule has 67 valence electrons. The van der Waals surface area contributed by atoms with Crippen molar-refractivity contribution < 1.29 is 0 Å². The first-order valence-electron chi connectivity index (χ1n) is 4.96. The van der Waals surface area contributed by atoms with Gasteiger partial charge in [0.2, 0.25) is 0 Å². The summed E-state index contributed by atoms with van der Waals surface area (Å²) in [4.78, 5) is 0. The van der Waals surface area contributed by atoms with Crippen molar-refractivity contribution in [2.24, 2.45) is 0 Å². The lowest BCUT2D eigenvalue weighted by Crippen LogP contribution is -2.10. The molecule has 1 N–H and O–H groups in total. The second-order valence-electron chi connectivity index (χ2n) is 3.01. The molecule has 0 saturated carbocycles. The number of hydrogen-bond acceptors (Lipinski definition) is 1. The predicted octanol–water partition coefficient (Wildman–Crippen LogP) is 3.12. The highest BCUT2D eigenvalue weighted by Crippen LogP contribution is 1.99. The monoisotopic (exact) mass is 156 g/mol. The molecule has 0 fully saturated rings. The van der Waals surface area contributed by atoms with Crippen LogP contribution in [0.15, 0.2) is 0 Å². The van der Waals surface area contributed by atoms with Crippen LogP contribution in [0.25, 0.3) is 0 Å². The summed E-state index contributed by atoms with van der Waals surface area (Å²) in [5, 5.41) is 3.32. The Bertz CT molecular complexity index is 53.9. The van der Waals surface area contributed by atoms with Gasteiger partial charge in [0, 0.05) is 6.54 Å². The Kier molecular flexibility index (Phi) is 9.92. The van der Waals surface area contributed by atoms with E-state index in [1.807, 2.05) is 0 Å². The molecule has 0 aromatic heterocycles. The summed E-state index contributed by atoms with van der Waals surface area (Å²) < 4.78 is 0. The first kappa shape index (κ1) is 11.0. The SMILES string of the molecule is CCCCC[CH]NCCCC. The molecule has 0 saturated heterocycles. The maximum atomic E-state index is 3.32. The molecule has 1 heteroatoms. The van der Waals surface area contributed by atoms with Crippen LogP contribution in [0.3, 0.4) is 0 Å². The van der Waals surface area contributed by atoms with Gasteiger partial charge in [-0.2, -0.15) is 0 Å². The van der Waals surface area contributed by atoms with Gasteiger partial charge in [-0.15, -0.1) is 0 Å². The summed E-state index contributed by atoms with van der Waals surface area (Å²) in [5.74, 6) is 0. The molecule has 0 aromatic rings. The molecule has 11 heavy (non-hydrogen) atoms. The third kappa shape index (κ3) is 9.96. The lowest BCUT2D eigenvalue weighted by atomic mass is 10.2. The van der Waals surface area contributed by atoms with Gasteiger partial charge in [-0.1, -0.05) is 39.5 Å². The van der Waals surface area contributed by atoms with Gasteiger partial charge in [-0.25, -0.2) is 0 Å². The van der Waals surface area contributed by atoms with E-state index in [4.69, 9.17) is 0 Å². The molecule has 0 aliphatic rings. The molecule has 0 spiro atoms. The molecule has 0 aliphatic carbocycles. The van der Waals surface area contributed by atoms with Crippen molar-refractivity contribution in [3.05, 3.63) is 6.54 Å². The number of hydrogen-bond donors (Lipinski definition) is 1. The summed E-state index contributed by atoms with van der Waals surface area (Å²) in [5.41, 5.74) is 0. The van der Waals surface area contributed by atoms with E-state index in [2.05, 4.69) is 25.7 Å². The topological polar surface area (TPSA) is 12.0 Å². The van der Waals surface area contributed by atoms with Gasteiger partial charge in [-0.3, -0.25) is 0 Å². The van der Waals surface area contributed by atoms with Gasteiger partial charge in [-0.05, 0) is 19.4 Å². The summed E-state index contributed by atoms with van der Waals surface area (Å²) in [7, 11) is 0. The average Bonchev–Trinajstić information content (AvgIpc) is 2.03. The van der Waals surface area contributed by atoms with Crippen molar-refractivity contribution in [2.45, 2.75) is 52.4 Å². The van der Waals surface area contributed by atoms with Crippen LogP contribution in [0.2, 0.25) is 0 Å². The van der Waals surface area contributed by atoms with Crippen LogP contribution in [-0.4, -0.2) is 6.54 Å². The van der Waals surface area contributed by atoms with Crippen molar-refractivity contribution in [1.82, 2.24) is 5.32 Å². The highest BCUT2D eigenvalue weighted by molar-refractivity contribution is 4.60. The molecule has 1 radical (unpaired) electrons. The smallest absolute Gasteiger partial charge is 0.0221 e. The van der Waals surface area contributed by atoms with Gasteiger partial charge in [0.25, 0.3) is 0 Å². The molecule has 0 atom stereocenters. The Labute approximate surface area is 71.6 Å². The molecule has 0 bridgehead atoms. The summed E-state index contributed by atoms with van der Waals surface area (Å²) in [6.07, 6.45) is 7.85. The van der Waals surface area contributed by atoms with Crippen LogP contribution < -0.4 is 5.32 Å². The number of nitrogens with one attached hydrogen (secondary N) is 1. The molecular formula is C10H22N. The van der Waals surface area contributed by atoms with E-state index in [0.717, 1.165) is 6.54 Å². The molecule has 0 unspecified atom stereocenters. The summed E-state index contributed by atoms with van der Waals surface area (Å²) >= 11 is 0. The normalized spacial score (nSPS) is 10.4. The van der Waals surface area contributed by atoms with Crippen LogP contribution in [0, 0.1) is 6.54 Å². The fraction of sp³-hybridized carbons (Fsp3) is 0.900. The van der Waals surface area contributed by atoms with E-state index in [-0.39, 0.29) is 0 Å². The summed E-state index contributed by atoms with van der Waals surface area (Å²) in [6, 6.07) is 0. The largest absolute Gasteiger partial charge is 0.312 e. The van der Waals surface area contributed by atoms with Gasteiger partial charge < -0.3 is 5.32 Å². The van der Waals surface area contributed by atoms with Crippen LogP contribution in [0.4, 0.5) is 0 Å². The maximum absolute atomic E-state index is 3.32. The average molecular weight is 156 g/mol. The van der Waals surface area contributed by atoms with Crippen molar-refractivity contribution in [1.29, 1.82) is 0 Å². The Morgan fingerprint density at radius 3 is 2.36 bits per heavy atom. The van der Waals surface area contributed by atoms with Crippen LogP contribution in [0.1, 0.15) is 52.4 Å². The van der Waals surface area contributed by atoms with Crippen LogP contribution in [0.5, 0.6) is 0 Å². The number of rotatable bonds is 8. The van der Waals surface area contributed by atoms with Crippen molar-refractivity contribution in [2.75, 3.05) is 6.54 Å². The van der Waals surface area contributed by atoms with Gasteiger partial charge in [0.05, 0.1) is 0 Å². The number of unbranched alkanes of at least 4 members (excludes halogenated alkanes) is 4. The van der Waals surface area contributed by atoms with E-state index in [9.17, 15) is 0 Å². The van der Waals surface area contributed by atoms with Gasteiger partial charge in [0.15, 0.2) is 0 Å². The van der Waals surface area contributed by atoms with Crippen LogP contribution >= 0.6 is 0 Å². The second kappa shape index (κ2) is 9.96. The third-order valence-corrected chi connectivity index (χ3v) is 1.77. The molecular weight excluding hydrogens is 134 g/mol. The quantitative estimate of drug-likeness (QED) is 0.532. The fourth-order valence-electron chi connectivity index (χ4n) is 0.979. The second-order valence-corrected chi connectivity index (χ2v) is 3.01. The molecule has 0 rings (SSSR count). The lowest BCUT2D eigenvalue weighted by Gasteiger charge is -2.01. The third-order valence-electron chi connectivity index (χ3n) is 1.77. The van der Waals surface area contributed by atoms with Crippen molar-refractivity contribution >= 4 is 0 Å². The molecule has 0 aromatic carbocycles. The minimum absolute atomic E-state index is 1.16. The standard InChI is InChI=1S/C10H22N/c1-3-5-7-8-10-11-9-6-4-2/h10-11H,3-9H2,1-2H3. The van der Waals surface area contributed by atoms with E-state index in [1.165, 1.54) is 38.5 Å². The lowest BCUT2D eigenvalue weighted by molar-refractivity contribution is 0.639. The van der Waals surface area contributed by atoms with Gasteiger partial charge >= 0.3 is 0 Å². The zero-order valence-corrected chi connectivity index (χ0v) is 8.03. The highest BCUT2D eigenvalue weighted by Gasteiger charge is 1.87. The van der Waals surface area contributed by atoms with E-state index in [0.29, 0.717) is 0 Å². The molecule has 0 aliphatic heterocycles. The fourth-order valence-corrected chi connectivity index (χ4v) is 0.979. The van der Waals surface area contributed by atoms with Gasteiger partial charge in [0.1, 0.15) is 0 Å². The Hall–Kier alpha value is -0.0400. The predicted molar refractivity (Wildman–Crippen MR) is 51.4 cm³/mol. The highest BCUT2D eigenvalue weighted by atomic mass is 14.8. The first-order chi connectivity index (χ1) is 5.41. The van der Waals surface area contributed by atoms with Crippen LogP contribution in [-0.2, 0) is 0 Å². The minimum atomic E-state index is 1.16. The molecule has 0 heterocycles. The molecule has 0 amide bonds. The zero-order chi connectivity index (χ0) is 8.36. The first-order valence-corrected chi connectivity index (χ1v) is 4.96.